The molecule has 0 saturated heterocycles. The third-order valence-electron chi connectivity index (χ3n) is 1.53. The van der Waals surface area contributed by atoms with Gasteiger partial charge in [0.1, 0.15) is 0 Å². The quantitative estimate of drug-likeness (QED) is 0.553. The van der Waals surface area contributed by atoms with Crippen molar-refractivity contribution >= 4 is 12.0 Å². The van der Waals surface area contributed by atoms with Crippen molar-refractivity contribution in [3.8, 4) is 0 Å². The van der Waals surface area contributed by atoms with Crippen molar-refractivity contribution in [3.05, 3.63) is 42.1 Å². The largest absolute Gasteiger partial charge is 0.281 e. The van der Waals surface area contributed by atoms with Gasteiger partial charge in [0.25, 0.3) is 0 Å². The summed E-state index contributed by atoms with van der Waals surface area (Å²) >= 11 is 0. The monoisotopic (exact) mass is 177 g/mol. The zero-order chi connectivity index (χ0) is 9.68. The van der Waals surface area contributed by atoms with Crippen LogP contribution >= 0.6 is 0 Å². The van der Waals surface area contributed by atoms with Crippen LogP contribution in [0.25, 0.3) is 6.08 Å². The average molecular weight is 177 g/mol. The molecule has 3 heteroatoms. The van der Waals surface area contributed by atoms with Crippen molar-refractivity contribution < 1.29 is 10.0 Å². The number of hydrogen-bond acceptors (Lipinski definition) is 2. The Bertz CT molecular complexity index is 306. The lowest BCUT2D eigenvalue weighted by molar-refractivity contribution is -0.151. The summed E-state index contributed by atoms with van der Waals surface area (Å²) in [6.45, 7) is 1.29. The van der Waals surface area contributed by atoms with E-state index in [2.05, 4.69) is 0 Å². The first-order chi connectivity index (χ1) is 6.20. The van der Waals surface area contributed by atoms with E-state index in [1.807, 2.05) is 30.3 Å². The highest BCUT2D eigenvalue weighted by atomic mass is 16.5. The Morgan fingerprint density at radius 2 is 2.00 bits per heavy atom. The molecule has 0 heterocycles. The Hall–Kier alpha value is -1.61. The summed E-state index contributed by atoms with van der Waals surface area (Å²) in [6, 6.07) is 9.43. The maximum Gasteiger partial charge on any atom is 0.246 e. The summed E-state index contributed by atoms with van der Waals surface area (Å²) < 4.78 is 0. The van der Waals surface area contributed by atoms with Crippen molar-refractivity contribution in [2.24, 2.45) is 0 Å². The van der Waals surface area contributed by atoms with Gasteiger partial charge in [-0.2, -0.15) is 5.06 Å². The van der Waals surface area contributed by atoms with Gasteiger partial charge in [-0.3, -0.25) is 10.0 Å². The van der Waals surface area contributed by atoms with E-state index in [-0.39, 0.29) is 0 Å². The number of nitrogens with zero attached hydrogens (tertiary/aromatic N) is 1. The summed E-state index contributed by atoms with van der Waals surface area (Å²) in [7, 11) is 0. The highest BCUT2D eigenvalue weighted by Gasteiger charge is 1.96. The first-order valence-electron chi connectivity index (χ1n) is 3.92. The van der Waals surface area contributed by atoms with E-state index in [1.54, 1.807) is 6.08 Å². The molecule has 0 unspecified atom stereocenters. The van der Waals surface area contributed by atoms with E-state index in [0.717, 1.165) is 5.56 Å². The second-order valence-corrected chi connectivity index (χ2v) is 2.59. The molecule has 0 saturated carbocycles. The Kier molecular flexibility index (Phi) is 3.23. The molecule has 0 atom stereocenters. The maximum absolute atomic E-state index is 10.6. The minimum atomic E-state index is -0.410. The summed E-state index contributed by atoms with van der Waals surface area (Å²) in [5.41, 5.74) is 0.933. The fraction of sp³-hybridized carbons (Fsp3) is 0.100. The van der Waals surface area contributed by atoms with E-state index in [9.17, 15) is 4.79 Å². The first kappa shape index (κ1) is 9.48. The second kappa shape index (κ2) is 4.42. The number of hydrogen-bond donors (Lipinski definition) is 1. The molecule has 0 fully saturated rings. The molecule has 13 heavy (non-hydrogen) atoms. The molecule has 0 aliphatic rings. The van der Waals surface area contributed by atoms with Crippen molar-refractivity contribution in [1.82, 2.24) is 5.06 Å². The van der Waals surface area contributed by atoms with Gasteiger partial charge in [-0.05, 0) is 11.6 Å². The van der Waals surface area contributed by atoms with Crippen LogP contribution in [0.1, 0.15) is 12.5 Å². The minimum absolute atomic E-state index is 0.410. The van der Waals surface area contributed by atoms with Gasteiger partial charge in [0, 0.05) is 13.1 Å². The fourth-order valence-corrected chi connectivity index (χ4v) is 0.826. The number of rotatable bonds is 2. The summed E-state index contributed by atoms with van der Waals surface area (Å²) in [6.07, 6.45) is 2.97. The molecular weight excluding hydrogens is 166 g/mol. The SMILES string of the molecule is CC(=O)N(O)/C=C/c1ccccc1. The maximum atomic E-state index is 10.6. The molecule has 0 spiro atoms. The summed E-state index contributed by atoms with van der Waals surface area (Å²) in [5, 5.41) is 9.53. The number of carbonyl (C=O) groups is 1. The molecule has 3 nitrogen and oxygen atoms in total. The molecule has 1 aromatic rings. The number of carbonyl (C=O) groups excluding carboxylic acids is 1. The molecule has 68 valence electrons. The molecule has 1 rings (SSSR count). The van der Waals surface area contributed by atoms with Crippen LogP contribution in [0.5, 0.6) is 0 Å². The molecule has 1 amide bonds. The van der Waals surface area contributed by atoms with Crippen LogP contribution in [0.3, 0.4) is 0 Å². The predicted molar refractivity (Wildman–Crippen MR) is 49.8 cm³/mol. The van der Waals surface area contributed by atoms with Crippen LogP contribution in [0, 0.1) is 0 Å². The zero-order valence-corrected chi connectivity index (χ0v) is 7.34. The molecule has 1 aromatic carbocycles. The third-order valence-corrected chi connectivity index (χ3v) is 1.53. The van der Waals surface area contributed by atoms with Crippen molar-refractivity contribution in [3.63, 3.8) is 0 Å². The highest BCUT2D eigenvalue weighted by Crippen LogP contribution is 2.01. The first-order valence-corrected chi connectivity index (χ1v) is 3.92. The van der Waals surface area contributed by atoms with E-state index < -0.39 is 5.91 Å². The van der Waals surface area contributed by atoms with Gasteiger partial charge in [-0.15, -0.1) is 0 Å². The van der Waals surface area contributed by atoms with Gasteiger partial charge < -0.3 is 0 Å². The number of benzene rings is 1. The molecule has 1 N–H and O–H groups in total. The van der Waals surface area contributed by atoms with E-state index in [4.69, 9.17) is 5.21 Å². The van der Waals surface area contributed by atoms with Crippen LogP contribution in [0.15, 0.2) is 36.5 Å². The zero-order valence-electron chi connectivity index (χ0n) is 7.34. The summed E-state index contributed by atoms with van der Waals surface area (Å²) in [4.78, 5) is 10.6. The molecule has 0 radical (unpaired) electrons. The summed E-state index contributed by atoms with van der Waals surface area (Å²) in [5.74, 6) is -0.410. The van der Waals surface area contributed by atoms with Crippen molar-refractivity contribution in [2.45, 2.75) is 6.92 Å². The Balaban J connectivity index is 2.64. The number of hydroxylamine groups is 2. The Morgan fingerprint density at radius 3 is 2.54 bits per heavy atom. The van der Waals surface area contributed by atoms with Crippen LogP contribution in [-0.4, -0.2) is 16.2 Å². The topological polar surface area (TPSA) is 40.5 Å². The van der Waals surface area contributed by atoms with E-state index in [1.165, 1.54) is 13.1 Å². The van der Waals surface area contributed by atoms with Gasteiger partial charge in [0.2, 0.25) is 5.91 Å². The Morgan fingerprint density at radius 1 is 1.38 bits per heavy atom. The molecular formula is C10H11NO2. The van der Waals surface area contributed by atoms with Gasteiger partial charge in [-0.1, -0.05) is 30.3 Å². The van der Waals surface area contributed by atoms with Crippen molar-refractivity contribution in [1.29, 1.82) is 0 Å². The fourth-order valence-electron chi connectivity index (χ4n) is 0.826. The lowest BCUT2D eigenvalue weighted by Crippen LogP contribution is -2.17. The second-order valence-electron chi connectivity index (χ2n) is 2.59. The molecule has 0 aromatic heterocycles. The normalized spacial score (nSPS) is 10.3. The Labute approximate surface area is 76.9 Å². The van der Waals surface area contributed by atoms with Gasteiger partial charge in [0.05, 0.1) is 0 Å². The van der Waals surface area contributed by atoms with Crippen LogP contribution < -0.4 is 0 Å². The van der Waals surface area contributed by atoms with Gasteiger partial charge >= 0.3 is 0 Å². The lowest BCUT2D eigenvalue weighted by atomic mass is 10.2. The standard InChI is InChI=1S/C10H11NO2/c1-9(12)11(13)8-7-10-5-3-2-4-6-10/h2-8,13H,1H3/b8-7+. The lowest BCUT2D eigenvalue weighted by Gasteiger charge is -2.04. The third kappa shape index (κ3) is 3.09. The highest BCUT2D eigenvalue weighted by molar-refractivity contribution is 5.73. The molecule has 0 aliphatic carbocycles. The van der Waals surface area contributed by atoms with Gasteiger partial charge in [0.15, 0.2) is 0 Å². The van der Waals surface area contributed by atoms with Crippen LogP contribution in [0.4, 0.5) is 0 Å². The van der Waals surface area contributed by atoms with Gasteiger partial charge in [-0.25, -0.2) is 0 Å². The van der Waals surface area contributed by atoms with Crippen molar-refractivity contribution in [2.75, 3.05) is 0 Å². The smallest absolute Gasteiger partial charge is 0.246 e. The molecule has 0 bridgehead atoms. The number of amides is 1. The molecule has 0 aliphatic heterocycles. The minimum Gasteiger partial charge on any atom is -0.281 e. The van der Waals surface area contributed by atoms with Crippen LogP contribution in [-0.2, 0) is 4.79 Å². The predicted octanol–water partition coefficient (Wildman–Crippen LogP) is 1.90. The average Bonchev–Trinajstić information content (AvgIpc) is 2.15. The van der Waals surface area contributed by atoms with E-state index >= 15 is 0 Å². The van der Waals surface area contributed by atoms with E-state index in [0.29, 0.717) is 5.06 Å². The van der Waals surface area contributed by atoms with Crippen LogP contribution in [0.2, 0.25) is 0 Å².